The van der Waals surface area contributed by atoms with Gasteiger partial charge in [-0.2, -0.15) is 5.10 Å². The number of nitrogens with one attached hydrogen (secondary N) is 2. The van der Waals surface area contributed by atoms with E-state index in [4.69, 9.17) is 11.6 Å². The Hall–Kier alpha value is -2.93. The van der Waals surface area contributed by atoms with Crippen molar-refractivity contribution in [3.8, 4) is 0 Å². The van der Waals surface area contributed by atoms with Crippen molar-refractivity contribution in [1.82, 2.24) is 15.1 Å². The highest BCUT2D eigenvalue weighted by Gasteiger charge is 2.21. The van der Waals surface area contributed by atoms with E-state index in [0.717, 1.165) is 0 Å². The van der Waals surface area contributed by atoms with E-state index in [1.165, 1.54) is 23.1 Å². The lowest BCUT2D eigenvalue weighted by molar-refractivity contribution is 0.207. The third-order valence-electron chi connectivity index (χ3n) is 4.19. The monoisotopic (exact) mass is 374 g/mol. The number of H-pyrrole nitrogens is 1. The maximum absolute atomic E-state index is 13.2. The fourth-order valence-corrected chi connectivity index (χ4v) is 2.78. The first-order valence-electron chi connectivity index (χ1n) is 7.84. The molecule has 0 bridgehead atoms. The van der Waals surface area contributed by atoms with E-state index >= 15 is 0 Å². The number of fused-ring (bicyclic) bond motifs is 1. The van der Waals surface area contributed by atoms with Crippen LogP contribution in [0.2, 0.25) is 5.02 Å². The first kappa shape index (κ1) is 17.9. The number of aromatic nitrogens is 2. The summed E-state index contributed by atoms with van der Waals surface area (Å²) in [6.07, 6.45) is 0. The van der Waals surface area contributed by atoms with Crippen molar-refractivity contribution in [2.24, 2.45) is 0 Å². The van der Waals surface area contributed by atoms with Gasteiger partial charge >= 0.3 is 6.03 Å². The minimum absolute atomic E-state index is 0.0770. The molecule has 134 valence electrons. The number of carbonyl (C=O) groups excluding carboxylic acids is 1. The van der Waals surface area contributed by atoms with Gasteiger partial charge in [-0.1, -0.05) is 29.8 Å². The predicted molar refractivity (Wildman–Crippen MR) is 99.0 cm³/mol. The number of benzene rings is 2. The SMILES string of the molecule is C[C@H](c1n[nH]c(=O)c2ccccc12)N(C)C(=O)Nc1ccc(F)c(Cl)c1. The molecule has 2 N–H and O–H groups in total. The molecule has 1 heterocycles. The van der Waals surface area contributed by atoms with Gasteiger partial charge in [0.2, 0.25) is 0 Å². The fraction of sp³-hybridized carbons (Fsp3) is 0.167. The number of halogens is 2. The molecule has 26 heavy (non-hydrogen) atoms. The second kappa shape index (κ2) is 7.13. The molecule has 0 radical (unpaired) electrons. The van der Waals surface area contributed by atoms with Gasteiger partial charge in [0.15, 0.2) is 0 Å². The fourth-order valence-electron chi connectivity index (χ4n) is 2.60. The third kappa shape index (κ3) is 3.39. The average Bonchev–Trinajstić information content (AvgIpc) is 2.64. The molecule has 3 aromatic rings. The largest absolute Gasteiger partial charge is 0.322 e. The summed E-state index contributed by atoms with van der Waals surface area (Å²) >= 11 is 5.73. The van der Waals surface area contributed by atoms with E-state index in [1.54, 1.807) is 38.2 Å². The van der Waals surface area contributed by atoms with Crippen LogP contribution in [-0.4, -0.2) is 28.2 Å². The van der Waals surface area contributed by atoms with Crippen molar-refractivity contribution in [2.45, 2.75) is 13.0 Å². The molecule has 2 aromatic carbocycles. The highest BCUT2D eigenvalue weighted by molar-refractivity contribution is 6.31. The third-order valence-corrected chi connectivity index (χ3v) is 4.48. The maximum Gasteiger partial charge on any atom is 0.322 e. The molecule has 0 aliphatic heterocycles. The summed E-state index contributed by atoms with van der Waals surface area (Å²) in [6.45, 7) is 1.80. The second-order valence-corrected chi connectivity index (χ2v) is 6.24. The summed E-state index contributed by atoms with van der Waals surface area (Å²) in [5, 5.41) is 10.3. The van der Waals surface area contributed by atoms with Gasteiger partial charge in [0.05, 0.1) is 22.1 Å². The summed E-state index contributed by atoms with van der Waals surface area (Å²) in [6, 6.07) is 10.2. The number of hydrogen-bond donors (Lipinski definition) is 2. The van der Waals surface area contributed by atoms with E-state index in [0.29, 0.717) is 22.2 Å². The van der Waals surface area contributed by atoms with Crippen LogP contribution in [0.1, 0.15) is 18.7 Å². The van der Waals surface area contributed by atoms with Gasteiger partial charge in [0.1, 0.15) is 5.82 Å². The van der Waals surface area contributed by atoms with Gasteiger partial charge in [-0.05, 0) is 31.2 Å². The summed E-state index contributed by atoms with van der Waals surface area (Å²) in [5.41, 5.74) is 0.652. The molecule has 1 atom stereocenters. The number of anilines is 1. The van der Waals surface area contributed by atoms with Gasteiger partial charge in [-0.15, -0.1) is 0 Å². The highest BCUT2D eigenvalue weighted by Crippen LogP contribution is 2.24. The molecule has 0 fully saturated rings. The van der Waals surface area contributed by atoms with Crippen LogP contribution < -0.4 is 10.9 Å². The van der Waals surface area contributed by atoms with Crippen LogP contribution in [0.15, 0.2) is 47.3 Å². The Morgan fingerprint density at radius 3 is 2.65 bits per heavy atom. The Morgan fingerprint density at radius 1 is 1.27 bits per heavy atom. The van der Waals surface area contributed by atoms with Crippen molar-refractivity contribution in [2.75, 3.05) is 12.4 Å². The van der Waals surface area contributed by atoms with Crippen LogP contribution in [0.3, 0.4) is 0 Å². The maximum atomic E-state index is 13.2. The minimum atomic E-state index is -0.560. The van der Waals surface area contributed by atoms with Crippen LogP contribution >= 0.6 is 11.6 Å². The lowest BCUT2D eigenvalue weighted by Crippen LogP contribution is -2.34. The Kier molecular flexibility index (Phi) is 4.90. The van der Waals surface area contributed by atoms with Crippen molar-refractivity contribution >= 4 is 34.1 Å². The Labute approximate surface area is 153 Å². The second-order valence-electron chi connectivity index (χ2n) is 5.83. The predicted octanol–water partition coefficient (Wildman–Crippen LogP) is 3.94. The van der Waals surface area contributed by atoms with E-state index < -0.39 is 17.9 Å². The van der Waals surface area contributed by atoms with E-state index in [9.17, 15) is 14.0 Å². The molecule has 3 rings (SSSR count). The molecule has 8 heteroatoms. The van der Waals surface area contributed by atoms with Crippen molar-refractivity contribution in [1.29, 1.82) is 0 Å². The first-order chi connectivity index (χ1) is 12.4. The van der Waals surface area contributed by atoms with Crippen LogP contribution in [0, 0.1) is 5.82 Å². The number of nitrogens with zero attached hydrogens (tertiary/aromatic N) is 2. The summed E-state index contributed by atoms with van der Waals surface area (Å²) in [7, 11) is 1.60. The van der Waals surface area contributed by atoms with Gasteiger partial charge in [0, 0.05) is 18.1 Å². The number of amides is 2. The zero-order chi connectivity index (χ0) is 18.8. The first-order valence-corrected chi connectivity index (χ1v) is 8.22. The van der Waals surface area contributed by atoms with Gasteiger partial charge in [0.25, 0.3) is 5.56 Å². The molecule has 6 nitrogen and oxygen atoms in total. The molecule has 0 unspecified atom stereocenters. The standard InChI is InChI=1S/C18H16ClFN4O2/c1-10(16-12-5-3-4-6-13(12)17(25)23-22-16)24(2)18(26)21-11-7-8-15(20)14(19)9-11/h3-10H,1-2H3,(H,21,26)(H,23,25)/t10-/m1/s1. The van der Waals surface area contributed by atoms with Crippen LogP contribution in [0.25, 0.3) is 10.8 Å². The topological polar surface area (TPSA) is 78.1 Å². The Morgan fingerprint density at radius 2 is 1.96 bits per heavy atom. The number of rotatable bonds is 3. The van der Waals surface area contributed by atoms with Crippen molar-refractivity contribution < 1.29 is 9.18 Å². The Bertz CT molecular complexity index is 1040. The van der Waals surface area contributed by atoms with Crippen LogP contribution in [0.4, 0.5) is 14.9 Å². The van der Waals surface area contributed by atoms with E-state index in [1.807, 2.05) is 0 Å². The number of carbonyl (C=O) groups is 1. The van der Waals surface area contributed by atoms with Gasteiger partial charge in [-0.25, -0.2) is 14.3 Å². The quantitative estimate of drug-likeness (QED) is 0.728. The molecule has 1 aromatic heterocycles. The summed E-state index contributed by atoms with van der Waals surface area (Å²) < 4.78 is 13.2. The molecule has 0 aliphatic carbocycles. The van der Waals surface area contributed by atoms with Crippen molar-refractivity contribution in [3.63, 3.8) is 0 Å². The number of urea groups is 1. The van der Waals surface area contributed by atoms with E-state index in [2.05, 4.69) is 15.5 Å². The smallest absolute Gasteiger partial charge is 0.319 e. The van der Waals surface area contributed by atoms with Crippen LogP contribution in [-0.2, 0) is 0 Å². The van der Waals surface area contributed by atoms with Gasteiger partial charge in [-0.3, -0.25) is 4.79 Å². The lowest BCUT2D eigenvalue weighted by Gasteiger charge is -2.25. The average molecular weight is 375 g/mol. The molecule has 0 aliphatic rings. The lowest BCUT2D eigenvalue weighted by atomic mass is 10.1. The molecule has 2 amide bonds. The Balaban J connectivity index is 1.86. The van der Waals surface area contributed by atoms with Crippen LogP contribution in [0.5, 0.6) is 0 Å². The summed E-state index contributed by atoms with van der Waals surface area (Å²) in [4.78, 5) is 25.8. The normalized spacial score (nSPS) is 12.0. The number of hydrogen-bond acceptors (Lipinski definition) is 3. The minimum Gasteiger partial charge on any atom is -0.319 e. The number of aromatic amines is 1. The van der Waals surface area contributed by atoms with Crippen molar-refractivity contribution in [3.05, 3.63) is 69.4 Å². The summed E-state index contributed by atoms with van der Waals surface area (Å²) in [5.74, 6) is -0.560. The zero-order valence-corrected chi connectivity index (χ0v) is 14.8. The molecule has 0 saturated carbocycles. The zero-order valence-electron chi connectivity index (χ0n) is 14.1. The molecular weight excluding hydrogens is 359 g/mol. The highest BCUT2D eigenvalue weighted by atomic mass is 35.5. The molecule has 0 spiro atoms. The van der Waals surface area contributed by atoms with E-state index in [-0.39, 0.29) is 10.6 Å². The molecule has 0 saturated heterocycles. The molecular formula is C18H16ClFN4O2. The van der Waals surface area contributed by atoms with Gasteiger partial charge < -0.3 is 10.2 Å².